The van der Waals surface area contributed by atoms with E-state index in [1.807, 2.05) is 0 Å². The Labute approximate surface area is 91.9 Å². The van der Waals surface area contributed by atoms with Crippen molar-refractivity contribution in [2.75, 3.05) is 26.4 Å². The van der Waals surface area contributed by atoms with Crippen LogP contribution >= 0.6 is 0 Å². The Morgan fingerprint density at radius 1 is 1.13 bits per heavy atom. The smallest absolute Gasteiger partial charge is 0.0662 e. The summed E-state index contributed by atoms with van der Waals surface area (Å²) in [6.07, 6.45) is 2.27. The summed E-state index contributed by atoms with van der Waals surface area (Å²) in [5, 5.41) is 23.9. The van der Waals surface area contributed by atoms with E-state index < -0.39 is 0 Å². The van der Waals surface area contributed by atoms with E-state index in [4.69, 9.17) is 20.1 Å². The predicted molar refractivity (Wildman–Crippen MR) is 58.6 cm³/mol. The molecular weight excluding hydrogens is 196 g/mol. The zero-order valence-electron chi connectivity index (χ0n) is 9.72. The van der Waals surface area contributed by atoms with Crippen LogP contribution < -0.4 is 0 Å². The van der Waals surface area contributed by atoms with Crippen molar-refractivity contribution in [1.29, 1.82) is 0 Å². The van der Waals surface area contributed by atoms with Crippen LogP contribution in [0.1, 0.15) is 26.7 Å². The van der Waals surface area contributed by atoms with E-state index in [1.54, 1.807) is 0 Å². The molecule has 0 aromatic rings. The largest absolute Gasteiger partial charge is 0.396 e. The van der Waals surface area contributed by atoms with Gasteiger partial charge in [0.25, 0.3) is 0 Å². The maximum Gasteiger partial charge on any atom is 0.0662 e. The van der Waals surface area contributed by atoms with Crippen LogP contribution in [-0.2, 0) is 4.74 Å². The second-order valence-electron chi connectivity index (χ2n) is 4.15. The molecule has 0 aromatic heterocycles. The number of hydrogen-bond donors (Lipinski definition) is 3. The topological polar surface area (TPSA) is 69.9 Å². The molecule has 1 saturated heterocycles. The van der Waals surface area contributed by atoms with Crippen LogP contribution in [0.4, 0.5) is 0 Å². The lowest BCUT2D eigenvalue weighted by Gasteiger charge is -2.11. The fourth-order valence-corrected chi connectivity index (χ4v) is 1.54. The van der Waals surface area contributed by atoms with Crippen LogP contribution in [-0.4, -0.2) is 47.9 Å². The van der Waals surface area contributed by atoms with E-state index >= 15 is 0 Å². The molecule has 4 nitrogen and oxygen atoms in total. The average Bonchev–Trinajstić information content (AvgIpc) is 2.67. The van der Waals surface area contributed by atoms with Crippen LogP contribution in [0.25, 0.3) is 0 Å². The zero-order valence-corrected chi connectivity index (χ0v) is 9.72. The third kappa shape index (κ3) is 6.84. The first-order chi connectivity index (χ1) is 7.15. The molecule has 1 fully saturated rings. The molecule has 0 aliphatic carbocycles. The lowest BCUT2D eigenvalue weighted by molar-refractivity contribution is 0.0822. The maximum atomic E-state index is 8.67. The Morgan fingerprint density at radius 2 is 1.73 bits per heavy atom. The predicted octanol–water partition coefficient (Wildman–Crippen LogP) is 0.401. The molecule has 1 aliphatic rings. The van der Waals surface area contributed by atoms with E-state index in [2.05, 4.69) is 13.8 Å². The summed E-state index contributed by atoms with van der Waals surface area (Å²) >= 11 is 0. The maximum absolute atomic E-state index is 8.67. The van der Waals surface area contributed by atoms with E-state index in [0.29, 0.717) is 12.0 Å². The molecule has 0 spiro atoms. The second kappa shape index (κ2) is 9.09. The van der Waals surface area contributed by atoms with Gasteiger partial charge in [0.2, 0.25) is 0 Å². The van der Waals surface area contributed by atoms with E-state index in [-0.39, 0.29) is 19.8 Å². The summed E-state index contributed by atoms with van der Waals surface area (Å²) < 4.78 is 5.51. The monoisotopic (exact) mass is 220 g/mol. The summed E-state index contributed by atoms with van der Waals surface area (Å²) in [4.78, 5) is 0. The molecule has 2 unspecified atom stereocenters. The van der Waals surface area contributed by atoms with Crippen LogP contribution in [0, 0.1) is 11.8 Å². The molecule has 0 bridgehead atoms. The van der Waals surface area contributed by atoms with Gasteiger partial charge in [-0.05, 0) is 24.7 Å². The van der Waals surface area contributed by atoms with Crippen LogP contribution in [0.3, 0.4) is 0 Å². The van der Waals surface area contributed by atoms with Crippen LogP contribution in [0.15, 0.2) is 0 Å². The first kappa shape index (κ1) is 14.8. The second-order valence-corrected chi connectivity index (χ2v) is 4.15. The van der Waals surface area contributed by atoms with Crippen molar-refractivity contribution < 1.29 is 20.1 Å². The number of aliphatic hydroxyl groups is 3. The van der Waals surface area contributed by atoms with Gasteiger partial charge in [0.05, 0.1) is 25.9 Å². The van der Waals surface area contributed by atoms with Gasteiger partial charge in [-0.2, -0.15) is 0 Å². The molecule has 4 heteroatoms. The summed E-state index contributed by atoms with van der Waals surface area (Å²) in [5.74, 6) is 1.44. The van der Waals surface area contributed by atoms with E-state index in [1.165, 1.54) is 0 Å². The molecule has 1 heterocycles. The van der Waals surface area contributed by atoms with Crippen LogP contribution in [0.2, 0.25) is 0 Å². The van der Waals surface area contributed by atoms with Gasteiger partial charge < -0.3 is 20.1 Å². The molecule has 1 aliphatic heterocycles. The quantitative estimate of drug-likeness (QED) is 0.641. The standard InChI is InChI=1S/C9H18O2.C2H6O2/c1-7(2)8-5-9(3-4-10)11-6-8;3-1-2-4/h7-10H,3-6H2,1-2H3;3-4H,1-2H2. The molecule has 0 saturated carbocycles. The highest BCUT2D eigenvalue weighted by Gasteiger charge is 2.26. The van der Waals surface area contributed by atoms with Gasteiger partial charge in [-0.15, -0.1) is 0 Å². The zero-order chi connectivity index (χ0) is 11.7. The van der Waals surface area contributed by atoms with Crippen molar-refractivity contribution in [1.82, 2.24) is 0 Å². The number of ether oxygens (including phenoxy) is 1. The van der Waals surface area contributed by atoms with Crippen molar-refractivity contribution in [3.8, 4) is 0 Å². The summed E-state index contributed by atoms with van der Waals surface area (Å²) in [6.45, 7) is 5.36. The SMILES string of the molecule is CC(C)C1COC(CCO)C1.OCCO. The Hall–Kier alpha value is -0.160. The summed E-state index contributed by atoms with van der Waals surface area (Å²) in [5.41, 5.74) is 0. The molecule has 0 aromatic carbocycles. The van der Waals surface area contributed by atoms with Gasteiger partial charge in [-0.3, -0.25) is 0 Å². The van der Waals surface area contributed by atoms with Gasteiger partial charge in [0.15, 0.2) is 0 Å². The average molecular weight is 220 g/mol. The highest BCUT2D eigenvalue weighted by molar-refractivity contribution is 4.75. The van der Waals surface area contributed by atoms with Crippen molar-refractivity contribution in [2.45, 2.75) is 32.8 Å². The molecule has 0 amide bonds. The van der Waals surface area contributed by atoms with Gasteiger partial charge in [-0.25, -0.2) is 0 Å². The van der Waals surface area contributed by atoms with Crippen LogP contribution in [0.5, 0.6) is 0 Å². The summed E-state index contributed by atoms with van der Waals surface area (Å²) in [6, 6.07) is 0. The lowest BCUT2D eigenvalue weighted by Crippen LogP contribution is -2.09. The van der Waals surface area contributed by atoms with Gasteiger partial charge in [0.1, 0.15) is 0 Å². The van der Waals surface area contributed by atoms with Crippen molar-refractivity contribution in [3.63, 3.8) is 0 Å². The minimum absolute atomic E-state index is 0.125. The normalized spacial score (nSPS) is 25.2. The minimum atomic E-state index is -0.125. The highest BCUT2D eigenvalue weighted by Crippen LogP contribution is 2.27. The number of aliphatic hydroxyl groups excluding tert-OH is 3. The first-order valence-electron chi connectivity index (χ1n) is 5.59. The summed E-state index contributed by atoms with van der Waals surface area (Å²) in [7, 11) is 0. The number of rotatable bonds is 4. The Morgan fingerprint density at radius 3 is 2.07 bits per heavy atom. The Balaban J connectivity index is 0.000000423. The molecule has 2 atom stereocenters. The van der Waals surface area contributed by atoms with Gasteiger partial charge in [-0.1, -0.05) is 13.8 Å². The molecular formula is C11H24O4. The molecule has 15 heavy (non-hydrogen) atoms. The lowest BCUT2D eigenvalue weighted by atomic mass is 9.93. The highest BCUT2D eigenvalue weighted by atomic mass is 16.5. The number of hydrogen-bond acceptors (Lipinski definition) is 4. The third-order valence-corrected chi connectivity index (χ3v) is 2.61. The first-order valence-corrected chi connectivity index (χ1v) is 5.59. The minimum Gasteiger partial charge on any atom is -0.396 e. The Bertz CT molecular complexity index is 137. The van der Waals surface area contributed by atoms with Crippen molar-refractivity contribution in [3.05, 3.63) is 0 Å². The van der Waals surface area contributed by atoms with Gasteiger partial charge in [0, 0.05) is 6.61 Å². The van der Waals surface area contributed by atoms with E-state index in [0.717, 1.165) is 25.4 Å². The Kier molecular flexibility index (Phi) is 9.00. The van der Waals surface area contributed by atoms with Crippen molar-refractivity contribution in [2.24, 2.45) is 11.8 Å². The van der Waals surface area contributed by atoms with E-state index in [9.17, 15) is 0 Å². The molecule has 92 valence electrons. The third-order valence-electron chi connectivity index (χ3n) is 2.61. The fraction of sp³-hybridized carbons (Fsp3) is 1.00. The van der Waals surface area contributed by atoms with Gasteiger partial charge >= 0.3 is 0 Å². The molecule has 3 N–H and O–H groups in total. The van der Waals surface area contributed by atoms with Crippen molar-refractivity contribution >= 4 is 0 Å². The molecule has 0 radical (unpaired) electrons. The fourth-order valence-electron chi connectivity index (χ4n) is 1.54. The molecule has 1 rings (SSSR count).